The van der Waals surface area contributed by atoms with Gasteiger partial charge in [-0.15, -0.1) is 36.0 Å². The molecule has 0 aliphatic heterocycles. The van der Waals surface area contributed by atoms with Crippen molar-refractivity contribution >= 4 is 47.9 Å². The van der Waals surface area contributed by atoms with Gasteiger partial charge in [-0.05, 0) is 42.1 Å². The maximum Gasteiger partial charge on any atom is 0.434 e. The number of ether oxygens (including phenoxy) is 2. The summed E-state index contributed by atoms with van der Waals surface area (Å²) in [5, 5.41) is 0. The van der Waals surface area contributed by atoms with E-state index in [0.717, 1.165) is 26.0 Å². The van der Waals surface area contributed by atoms with E-state index in [-0.39, 0.29) is 131 Å². The van der Waals surface area contributed by atoms with Crippen molar-refractivity contribution in [1.29, 1.82) is 0 Å². The minimum Gasteiger partial charge on any atom is -0.465 e. The standard InChI is InChI=1S/C14H16F5NO2S.C13H14F5NO2S.CH3Cl.2CH4.2Ar/c1-6(2)5-7-8(13(21)22-3)9(12(15)16)20-11(10(7)23-4)14(17,18)19;1-5(2)4-6-7(12(20)21-3)8(11(14)15)19-10(9(6)22)13(16,17)18;1-2;;;;/h6,12H,5H2,1-4H3;5,11,22H,4H2,1-3H3;1H3;2*1H4;;. The monoisotopic (exact) mass is 862 g/mol. The van der Waals surface area contributed by atoms with Crippen molar-refractivity contribution in [1.82, 2.24) is 9.97 Å². The molecule has 0 aromatic carbocycles. The Morgan fingerprint density at radius 2 is 1.04 bits per heavy atom. The molecule has 6 nitrogen and oxygen atoms in total. The smallest absolute Gasteiger partial charge is 0.434 e. The molecule has 0 spiro atoms. The van der Waals surface area contributed by atoms with Gasteiger partial charge in [-0.2, -0.15) is 26.3 Å². The molecule has 0 saturated carbocycles. The molecule has 0 atom stereocenters. The van der Waals surface area contributed by atoms with Crippen LogP contribution in [0.15, 0.2) is 9.79 Å². The number of carbonyl (C=O) groups is 2. The van der Waals surface area contributed by atoms with Crippen molar-refractivity contribution in [3.63, 3.8) is 0 Å². The van der Waals surface area contributed by atoms with Crippen LogP contribution in [-0.2, 0) is 34.7 Å². The number of halogens is 11. The molecule has 0 bridgehead atoms. The van der Waals surface area contributed by atoms with Crippen molar-refractivity contribution in [3.8, 4) is 0 Å². The van der Waals surface area contributed by atoms with Crippen molar-refractivity contribution in [2.24, 2.45) is 11.8 Å². The van der Waals surface area contributed by atoms with E-state index in [2.05, 4.69) is 43.7 Å². The van der Waals surface area contributed by atoms with E-state index in [1.54, 1.807) is 27.7 Å². The average Bonchev–Trinajstić information content (AvgIpc) is 2.96. The van der Waals surface area contributed by atoms with Crippen LogP contribution in [0.4, 0.5) is 43.9 Å². The normalized spacial score (nSPS) is 10.8. The first-order valence-corrected chi connectivity index (χ1v) is 15.6. The molecule has 0 amide bonds. The van der Waals surface area contributed by atoms with Gasteiger partial charge in [0.2, 0.25) is 0 Å². The van der Waals surface area contributed by atoms with Gasteiger partial charge in [0.15, 0.2) is 11.4 Å². The molecule has 2 aromatic rings. The first-order valence-electron chi connectivity index (χ1n) is 13.2. The molecule has 21 heteroatoms. The fourth-order valence-electron chi connectivity index (χ4n) is 4.08. The third-order valence-corrected chi connectivity index (χ3v) is 7.07. The molecule has 0 N–H and O–H groups in total. The molecule has 0 unspecified atom stereocenters. The van der Waals surface area contributed by atoms with Crippen LogP contribution in [0.2, 0.25) is 0 Å². The zero-order valence-corrected chi connectivity index (χ0v) is 30.9. The quantitative estimate of drug-likeness (QED) is 0.0884. The first-order chi connectivity index (χ1) is 21.5. The zero-order chi connectivity index (χ0) is 37.2. The molecule has 0 aliphatic rings. The third kappa shape index (κ3) is 17.2. The summed E-state index contributed by atoms with van der Waals surface area (Å²) < 4.78 is 140. The van der Waals surface area contributed by atoms with E-state index in [1.165, 1.54) is 12.6 Å². The molecule has 0 aliphatic carbocycles. The number of aromatic nitrogens is 2. The summed E-state index contributed by atoms with van der Waals surface area (Å²) in [7, 11) is 1.93. The van der Waals surface area contributed by atoms with Gasteiger partial charge < -0.3 is 9.47 Å². The Morgan fingerprint density at radius 3 is 1.31 bits per heavy atom. The van der Waals surface area contributed by atoms with E-state index in [0.29, 0.717) is 0 Å². The molecule has 2 heterocycles. The molecule has 2 rings (SSSR count). The van der Waals surface area contributed by atoms with Crippen LogP contribution < -0.4 is 0 Å². The van der Waals surface area contributed by atoms with Gasteiger partial charge in [0, 0.05) is 91.7 Å². The van der Waals surface area contributed by atoms with Gasteiger partial charge in [0.1, 0.15) is 11.4 Å². The third-order valence-electron chi connectivity index (χ3n) is 5.74. The van der Waals surface area contributed by atoms with Crippen LogP contribution in [0.25, 0.3) is 0 Å². The molecular formula is C30H41Ar2ClF10N2O4S2. The number of carbonyl (C=O) groups excluding carboxylic acids is 2. The minimum absolute atomic E-state index is 0. The zero-order valence-electron chi connectivity index (χ0n) is 27.0. The number of nitrogens with zero attached hydrogens (tertiary/aromatic N) is 2. The number of rotatable bonds is 9. The Balaban J connectivity index is -0.000000245. The van der Waals surface area contributed by atoms with E-state index in [9.17, 15) is 53.5 Å². The van der Waals surface area contributed by atoms with Crippen LogP contribution in [0, 0.1) is 87.3 Å². The molecule has 2 aromatic heterocycles. The van der Waals surface area contributed by atoms with E-state index < -0.39 is 75.9 Å². The van der Waals surface area contributed by atoms with Crippen molar-refractivity contribution in [2.45, 2.75) is 90.4 Å². The van der Waals surface area contributed by atoms with Crippen molar-refractivity contribution in [2.75, 3.05) is 26.9 Å². The molecular weight excluding hydrogens is 822 g/mol. The Labute approximate surface area is 366 Å². The summed E-state index contributed by atoms with van der Waals surface area (Å²) in [4.78, 5) is 28.7. The van der Waals surface area contributed by atoms with Gasteiger partial charge in [-0.1, -0.05) is 42.5 Å². The Morgan fingerprint density at radius 1 is 0.725 bits per heavy atom. The summed E-state index contributed by atoms with van der Waals surface area (Å²) in [5.74, 6) is -2.63. The number of thiol groups is 1. The molecule has 300 valence electrons. The topological polar surface area (TPSA) is 78.4 Å². The second kappa shape index (κ2) is 26.8. The maximum atomic E-state index is 13.2. The molecule has 51 heavy (non-hydrogen) atoms. The molecule has 0 fully saturated rings. The van der Waals surface area contributed by atoms with Crippen LogP contribution in [0.1, 0.15) is 110 Å². The van der Waals surface area contributed by atoms with Crippen LogP contribution in [0.3, 0.4) is 0 Å². The second-order valence-corrected chi connectivity index (χ2v) is 11.3. The van der Waals surface area contributed by atoms with Crippen molar-refractivity contribution in [3.05, 3.63) is 45.0 Å². The van der Waals surface area contributed by atoms with E-state index in [4.69, 9.17) is 0 Å². The molecule has 0 saturated heterocycles. The van der Waals surface area contributed by atoms with Gasteiger partial charge in [-0.25, -0.2) is 37.1 Å². The average molecular weight is 863 g/mol. The van der Waals surface area contributed by atoms with Gasteiger partial charge >= 0.3 is 24.3 Å². The molecule has 0 radical (unpaired) electrons. The summed E-state index contributed by atoms with van der Waals surface area (Å²) in [6.45, 7) is 6.76. The van der Waals surface area contributed by atoms with Gasteiger partial charge in [-0.3, -0.25) is 0 Å². The fraction of sp³-hybridized carbons (Fsp3) is 0.600. The number of esters is 2. The van der Waals surface area contributed by atoms with Crippen LogP contribution in [-0.4, -0.2) is 48.8 Å². The van der Waals surface area contributed by atoms with Crippen LogP contribution in [0.5, 0.6) is 0 Å². The van der Waals surface area contributed by atoms with Gasteiger partial charge in [0.25, 0.3) is 12.9 Å². The Hall–Kier alpha value is 0.0495. The fourth-order valence-corrected chi connectivity index (χ4v) is 5.24. The second-order valence-electron chi connectivity index (χ2n) is 10.1. The summed E-state index contributed by atoms with van der Waals surface area (Å²) in [5.41, 5.74) is -6.93. The number of hydrogen-bond acceptors (Lipinski definition) is 8. The maximum absolute atomic E-state index is 13.2. The predicted octanol–water partition coefficient (Wildman–Crippen LogP) is 11.2. The van der Waals surface area contributed by atoms with Gasteiger partial charge in [0.05, 0.1) is 25.3 Å². The van der Waals surface area contributed by atoms with Crippen LogP contribution >= 0.6 is 36.0 Å². The predicted molar refractivity (Wildman–Crippen MR) is 172 cm³/mol. The van der Waals surface area contributed by atoms with Crippen molar-refractivity contribution < 1.29 is 138 Å². The number of pyridine rings is 2. The number of alkyl halides is 11. The SMILES string of the molecule is C.C.CCl.COC(=O)c1c(C(F)F)nc(C(F)(F)F)c(S)c1CC(C)C.COC(=O)c1c(C(F)F)nc(C(F)(F)F)c(SC)c1CC(C)C.[Ar].[Ar]. The number of methoxy groups -OCH3 is 2. The number of thioether (sulfide) groups is 1. The summed E-state index contributed by atoms with van der Waals surface area (Å²) in [6, 6.07) is 0. The largest absolute Gasteiger partial charge is 0.465 e. The summed E-state index contributed by atoms with van der Waals surface area (Å²) >= 11 is 9.12. The Bertz CT molecular complexity index is 1390. The van der Waals surface area contributed by atoms with E-state index in [1.807, 2.05) is 0 Å². The minimum atomic E-state index is -4.96. The number of hydrogen-bond donors (Lipinski definition) is 1. The van der Waals surface area contributed by atoms with E-state index >= 15 is 0 Å². The first kappa shape index (κ1) is 60.3. The Kier molecular flexibility index (Phi) is 31.7. The summed E-state index contributed by atoms with van der Waals surface area (Å²) in [6.07, 6.45) is -13.7.